The molecule has 2 atom stereocenters. The van der Waals surface area contributed by atoms with E-state index < -0.39 is 30.6 Å². The first kappa shape index (κ1) is 10.9. The van der Waals surface area contributed by atoms with E-state index in [-0.39, 0.29) is 0 Å². The summed E-state index contributed by atoms with van der Waals surface area (Å²) >= 11 is -2.00. The predicted molar refractivity (Wildman–Crippen MR) is 32.4 cm³/mol. The molecular weight excluding hydrogens is 207 g/mol. The van der Waals surface area contributed by atoms with Crippen molar-refractivity contribution in [2.45, 2.75) is 12.7 Å². The maximum atomic E-state index is 12.2. The predicted octanol–water partition coefficient (Wildman–Crippen LogP) is 1.90. The summed E-state index contributed by atoms with van der Waals surface area (Å²) in [4.78, 5) is 0. The second-order valence-electron chi connectivity index (χ2n) is 1.62. The van der Waals surface area contributed by atoms with Crippen molar-refractivity contribution in [2.75, 3.05) is 0 Å². The summed E-state index contributed by atoms with van der Waals surface area (Å²) in [7, 11) is 0. The van der Waals surface area contributed by atoms with Crippen LogP contribution in [0.1, 0.15) is 0 Å². The first-order valence-electron chi connectivity index (χ1n) is 2.97. The summed E-state index contributed by atoms with van der Waals surface area (Å²) in [5.41, 5.74) is 0. The van der Waals surface area contributed by atoms with Crippen molar-refractivity contribution < 1.29 is 33.8 Å². The molecule has 0 heterocycles. The molecule has 0 bridgehead atoms. The molecule has 0 N–H and O–H groups in total. The van der Waals surface area contributed by atoms with Gasteiger partial charge >= 0.3 is 71.8 Å². The average Bonchev–Trinajstić information content (AvgIpc) is 2.04. The third-order valence-corrected chi connectivity index (χ3v) is 2.73. The number of halogens is 2. The molecule has 2 nitrogen and oxygen atoms in total. The Bertz CT molecular complexity index is 118. The van der Waals surface area contributed by atoms with Gasteiger partial charge in [-0.1, -0.05) is 0 Å². The van der Waals surface area contributed by atoms with Gasteiger partial charge in [-0.15, -0.1) is 0 Å². The molecule has 0 aromatic carbocycles. The van der Waals surface area contributed by atoms with E-state index in [4.69, 9.17) is 0 Å². The molecule has 2 unspecified atom stereocenters. The molecule has 0 amide bonds. The summed E-state index contributed by atoms with van der Waals surface area (Å²) in [6.07, 6.45) is -1.11. The zero-order chi connectivity index (χ0) is 8.69. The Balaban J connectivity index is 3.26. The van der Waals surface area contributed by atoms with E-state index in [1.165, 1.54) is 0 Å². The quantitative estimate of drug-likeness (QED) is 0.498. The summed E-state index contributed by atoms with van der Waals surface area (Å²) < 4.78 is 33.2. The van der Waals surface area contributed by atoms with Gasteiger partial charge in [-0.05, 0) is 0 Å². The summed E-state index contributed by atoms with van der Waals surface area (Å²) in [6, 6.07) is 0. The van der Waals surface area contributed by atoms with Gasteiger partial charge in [-0.25, -0.2) is 0 Å². The summed E-state index contributed by atoms with van der Waals surface area (Å²) in [6.45, 7) is 6.28. The first-order chi connectivity index (χ1) is 5.20. The summed E-state index contributed by atoms with van der Waals surface area (Å²) in [5, 5.41) is 0. The van der Waals surface area contributed by atoms with E-state index in [0.29, 0.717) is 0 Å². The van der Waals surface area contributed by atoms with Crippen LogP contribution in [0.3, 0.4) is 0 Å². The van der Waals surface area contributed by atoms with Crippen molar-refractivity contribution in [1.82, 2.24) is 0 Å². The van der Waals surface area contributed by atoms with Crippen LogP contribution in [-0.4, -0.2) is 12.7 Å². The van der Waals surface area contributed by atoms with Crippen molar-refractivity contribution in [1.29, 1.82) is 0 Å². The average molecular weight is 216 g/mol. The van der Waals surface area contributed by atoms with Gasteiger partial charge in [-0.2, -0.15) is 0 Å². The Morgan fingerprint density at radius 1 is 1.09 bits per heavy atom. The van der Waals surface area contributed by atoms with Crippen LogP contribution >= 0.6 is 0 Å². The molecule has 0 aliphatic carbocycles. The van der Waals surface area contributed by atoms with Crippen LogP contribution in [0.2, 0.25) is 0 Å². The Morgan fingerprint density at radius 3 is 1.73 bits per heavy atom. The maximum absolute atomic E-state index is 12.2. The monoisotopic (exact) mass is 214 g/mol. The van der Waals surface area contributed by atoms with Crippen molar-refractivity contribution in [3.05, 3.63) is 25.3 Å². The molecule has 0 aliphatic rings. The van der Waals surface area contributed by atoms with Gasteiger partial charge in [0.05, 0.1) is 0 Å². The van der Waals surface area contributed by atoms with Gasteiger partial charge in [0.1, 0.15) is 0 Å². The number of hydrogen-bond donors (Lipinski definition) is 0. The molecule has 0 radical (unpaired) electrons. The fourth-order valence-corrected chi connectivity index (χ4v) is 1.59. The molecule has 11 heavy (non-hydrogen) atoms. The van der Waals surface area contributed by atoms with Gasteiger partial charge in [0.2, 0.25) is 0 Å². The molecule has 60 valence electrons. The second kappa shape index (κ2) is 6.58. The zero-order valence-corrected chi connectivity index (χ0v) is 8.97. The molecule has 0 rings (SSSR count). The molecule has 0 aromatic heterocycles. The SMILES string of the molecule is C=CC(F)[O][Zn][O]C(F)C=C. The van der Waals surface area contributed by atoms with E-state index >= 15 is 0 Å². The van der Waals surface area contributed by atoms with E-state index in [9.17, 15) is 8.78 Å². The molecule has 0 fully saturated rings. The van der Waals surface area contributed by atoms with Crippen LogP contribution in [0.15, 0.2) is 25.3 Å². The normalized spacial score (nSPS) is 14.7. The minimum absolute atomic E-state index is 0.982. The Hall–Kier alpha value is -0.117. The molecule has 0 spiro atoms. The van der Waals surface area contributed by atoms with E-state index in [1.54, 1.807) is 0 Å². The third kappa shape index (κ3) is 6.29. The van der Waals surface area contributed by atoms with Crippen molar-refractivity contribution in [2.24, 2.45) is 0 Å². The van der Waals surface area contributed by atoms with Crippen LogP contribution in [0.25, 0.3) is 0 Å². The molecule has 5 heteroatoms. The van der Waals surface area contributed by atoms with Gasteiger partial charge in [-0.3, -0.25) is 0 Å². The van der Waals surface area contributed by atoms with Crippen molar-refractivity contribution >= 4 is 0 Å². The van der Waals surface area contributed by atoms with Gasteiger partial charge in [0.15, 0.2) is 0 Å². The molecule has 0 aliphatic heterocycles. The van der Waals surface area contributed by atoms with Gasteiger partial charge < -0.3 is 0 Å². The third-order valence-electron chi connectivity index (χ3n) is 0.825. The van der Waals surface area contributed by atoms with Crippen LogP contribution < -0.4 is 0 Å². The van der Waals surface area contributed by atoms with Crippen LogP contribution in [-0.2, 0) is 25.0 Å². The van der Waals surface area contributed by atoms with Crippen molar-refractivity contribution in [3.63, 3.8) is 0 Å². The standard InChI is InChI=1S/2C3H4FO.Zn/c2*1-2-3(4)5;/h2*2-3H,1H2;/q2*-1;+2. The number of rotatable bonds is 6. The second-order valence-corrected chi connectivity index (χ2v) is 3.52. The van der Waals surface area contributed by atoms with Crippen molar-refractivity contribution in [3.8, 4) is 0 Å². The number of hydrogen-bond acceptors (Lipinski definition) is 2. The topological polar surface area (TPSA) is 18.5 Å². The molecule has 0 saturated heterocycles. The fraction of sp³-hybridized carbons (Fsp3) is 0.333. The van der Waals surface area contributed by atoms with Gasteiger partial charge in [0.25, 0.3) is 0 Å². The first-order valence-corrected chi connectivity index (χ1v) is 5.39. The van der Waals surface area contributed by atoms with E-state index in [2.05, 4.69) is 20.3 Å². The minimum atomic E-state index is -2.00. The number of alkyl halides is 2. The van der Waals surface area contributed by atoms with Crippen LogP contribution in [0.4, 0.5) is 8.78 Å². The Labute approximate surface area is 72.3 Å². The van der Waals surface area contributed by atoms with E-state index in [0.717, 1.165) is 12.2 Å². The molecular formula is C6H8F2O2Zn. The van der Waals surface area contributed by atoms with Crippen LogP contribution in [0, 0.1) is 0 Å². The van der Waals surface area contributed by atoms with Gasteiger partial charge in [0, 0.05) is 0 Å². The zero-order valence-electron chi connectivity index (χ0n) is 6.00. The van der Waals surface area contributed by atoms with E-state index in [1.807, 2.05) is 0 Å². The molecule has 0 saturated carbocycles. The van der Waals surface area contributed by atoms with Crippen LogP contribution in [0.5, 0.6) is 0 Å². The summed E-state index contributed by atoms with van der Waals surface area (Å²) in [5.74, 6) is 0. The fourth-order valence-electron chi connectivity index (χ4n) is 0.305. The Morgan fingerprint density at radius 2 is 1.45 bits per heavy atom. The Kier molecular flexibility index (Phi) is 6.51. The molecule has 0 aromatic rings.